The van der Waals surface area contributed by atoms with Crippen LogP contribution in [-0.2, 0) is 4.79 Å². The van der Waals surface area contributed by atoms with Crippen molar-refractivity contribution in [3.8, 4) is 23.0 Å². The van der Waals surface area contributed by atoms with Crippen molar-refractivity contribution in [2.75, 3.05) is 0 Å². The van der Waals surface area contributed by atoms with Crippen LogP contribution in [0.5, 0.6) is 23.0 Å². The molecule has 4 rings (SSSR count). The summed E-state index contributed by atoms with van der Waals surface area (Å²) in [6.07, 6.45) is -0.330. The molecule has 0 unspecified atom stereocenters. The summed E-state index contributed by atoms with van der Waals surface area (Å²) < 4.78 is 12.0. The second-order valence-corrected chi connectivity index (χ2v) is 6.41. The molecule has 146 valence electrons. The molecule has 29 heavy (non-hydrogen) atoms. The zero-order chi connectivity index (χ0) is 20.2. The molecule has 7 heteroatoms. The minimum absolute atomic E-state index is 0.0687. The minimum Gasteiger partial charge on any atom is -0.508 e. The van der Waals surface area contributed by atoms with Gasteiger partial charge in [-0.15, -0.1) is 0 Å². The molecule has 2 atom stereocenters. The highest BCUT2D eigenvalue weighted by atomic mass is 16.6. The highest BCUT2D eigenvalue weighted by Crippen LogP contribution is 2.39. The van der Waals surface area contributed by atoms with Gasteiger partial charge in [-0.1, -0.05) is 42.5 Å². The predicted octanol–water partition coefficient (Wildman–Crippen LogP) is 3.13. The lowest BCUT2D eigenvalue weighted by Crippen LogP contribution is -2.44. The molecule has 0 aliphatic carbocycles. The Morgan fingerprint density at radius 2 is 1.62 bits per heavy atom. The lowest BCUT2D eigenvalue weighted by Gasteiger charge is -2.32. The van der Waals surface area contributed by atoms with Crippen molar-refractivity contribution in [2.24, 2.45) is 5.10 Å². The third-order valence-corrected chi connectivity index (χ3v) is 4.41. The summed E-state index contributed by atoms with van der Waals surface area (Å²) in [5, 5.41) is 23.0. The Balaban J connectivity index is 1.55. The van der Waals surface area contributed by atoms with Gasteiger partial charge in [-0.25, -0.2) is 5.43 Å². The number of nitrogens with zero attached hydrogens (tertiary/aromatic N) is 1. The molecular formula is C22H18N2O5. The zero-order valence-electron chi connectivity index (χ0n) is 15.2. The van der Waals surface area contributed by atoms with E-state index in [4.69, 9.17) is 9.47 Å². The average molecular weight is 390 g/mol. The molecule has 0 fully saturated rings. The van der Waals surface area contributed by atoms with Crippen LogP contribution in [0.3, 0.4) is 0 Å². The number of benzene rings is 3. The monoisotopic (exact) mass is 390 g/mol. The largest absolute Gasteiger partial charge is 0.508 e. The van der Waals surface area contributed by atoms with Crippen molar-refractivity contribution in [1.29, 1.82) is 0 Å². The summed E-state index contributed by atoms with van der Waals surface area (Å²) in [6.45, 7) is 0. The first kappa shape index (κ1) is 18.4. The molecule has 0 bridgehead atoms. The van der Waals surface area contributed by atoms with E-state index in [9.17, 15) is 15.0 Å². The number of ether oxygens (including phenoxy) is 2. The van der Waals surface area contributed by atoms with E-state index < -0.39 is 18.1 Å². The average Bonchev–Trinajstić information content (AvgIpc) is 2.75. The minimum atomic E-state index is -0.960. The number of carbonyl (C=O) groups excluding carboxylic acids is 1. The molecule has 0 aromatic heterocycles. The highest BCUT2D eigenvalue weighted by Gasteiger charge is 2.38. The van der Waals surface area contributed by atoms with E-state index in [0.717, 1.165) is 5.56 Å². The molecule has 3 aromatic rings. The second-order valence-electron chi connectivity index (χ2n) is 6.41. The van der Waals surface area contributed by atoms with Crippen LogP contribution in [-0.4, -0.2) is 28.4 Å². The molecule has 1 amide bonds. The fraction of sp³-hybridized carbons (Fsp3) is 0.0909. The summed E-state index contributed by atoms with van der Waals surface area (Å²) >= 11 is 0. The SMILES string of the molecule is O=C(N/N=C\c1ccc(O)cc1O)[C@H]1Oc2ccccc2O[C@@H]1c1ccccc1. The standard InChI is InChI=1S/C22H18N2O5/c25-16-11-10-15(17(26)12-16)13-23-24-22(27)21-20(14-6-2-1-3-7-14)28-18-8-4-5-9-19(18)29-21/h1-13,20-21,25-26H,(H,24,27)/b23-13-/t20-,21+/m1/s1. The van der Waals surface area contributed by atoms with Gasteiger partial charge in [-0.05, 0) is 29.8 Å². The van der Waals surface area contributed by atoms with Crippen molar-refractivity contribution >= 4 is 12.1 Å². The molecule has 0 saturated heterocycles. The van der Waals surface area contributed by atoms with Gasteiger partial charge < -0.3 is 19.7 Å². The number of aromatic hydroxyl groups is 2. The Hall–Kier alpha value is -4.00. The van der Waals surface area contributed by atoms with E-state index in [1.165, 1.54) is 24.4 Å². The van der Waals surface area contributed by atoms with Gasteiger partial charge in [0.25, 0.3) is 5.91 Å². The van der Waals surface area contributed by atoms with E-state index in [1.807, 2.05) is 36.4 Å². The first-order valence-corrected chi connectivity index (χ1v) is 8.94. The molecule has 1 aliphatic heterocycles. The number of para-hydroxylation sites is 2. The van der Waals surface area contributed by atoms with Crippen molar-refractivity contribution in [1.82, 2.24) is 5.43 Å². The zero-order valence-corrected chi connectivity index (χ0v) is 15.2. The van der Waals surface area contributed by atoms with Gasteiger partial charge in [-0.2, -0.15) is 5.10 Å². The summed E-state index contributed by atoms with van der Waals surface area (Å²) in [7, 11) is 0. The molecule has 1 heterocycles. The number of carbonyl (C=O) groups is 1. The number of phenolic OH excluding ortho intramolecular Hbond substituents is 2. The summed E-state index contributed by atoms with van der Waals surface area (Å²) in [6, 6.07) is 20.5. The van der Waals surface area contributed by atoms with E-state index in [2.05, 4.69) is 10.5 Å². The Labute approximate surface area is 166 Å². The van der Waals surface area contributed by atoms with Gasteiger partial charge >= 0.3 is 0 Å². The summed E-state index contributed by atoms with van der Waals surface area (Å²) in [5.41, 5.74) is 3.56. The normalized spacial score (nSPS) is 17.8. The summed E-state index contributed by atoms with van der Waals surface area (Å²) in [5.74, 6) is 0.308. The van der Waals surface area contributed by atoms with Crippen LogP contribution in [0.25, 0.3) is 0 Å². The van der Waals surface area contributed by atoms with Crippen LogP contribution in [0.4, 0.5) is 0 Å². The van der Waals surface area contributed by atoms with Crippen molar-refractivity contribution in [3.05, 3.63) is 83.9 Å². The lowest BCUT2D eigenvalue weighted by atomic mass is 10.0. The molecule has 0 radical (unpaired) electrons. The van der Waals surface area contributed by atoms with Gasteiger partial charge in [0, 0.05) is 11.6 Å². The van der Waals surface area contributed by atoms with E-state index in [1.54, 1.807) is 18.2 Å². The Kier molecular flexibility index (Phi) is 5.03. The smallest absolute Gasteiger partial charge is 0.285 e. The Bertz CT molecular complexity index is 1050. The van der Waals surface area contributed by atoms with Gasteiger partial charge in [0.1, 0.15) is 11.5 Å². The van der Waals surface area contributed by atoms with Crippen LogP contribution < -0.4 is 14.9 Å². The molecule has 3 N–H and O–H groups in total. The number of fused-ring (bicyclic) bond motifs is 1. The van der Waals surface area contributed by atoms with Crippen LogP contribution in [0.15, 0.2) is 77.9 Å². The van der Waals surface area contributed by atoms with Crippen molar-refractivity contribution < 1.29 is 24.5 Å². The number of amides is 1. The maximum Gasteiger partial charge on any atom is 0.285 e. The second kappa shape index (κ2) is 7.93. The van der Waals surface area contributed by atoms with E-state index in [-0.39, 0.29) is 11.5 Å². The molecule has 0 saturated carbocycles. The molecular weight excluding hydrogens is 372 g/mol. The van der Waals surface area contributed by atoms with Gasteiger partial charge in [0.15, 0.2) is 17.6 Å². The summed E-state index contributed by atoms with van der Waals surface area (Å²) in [4.78, 5) is 12.8. The molecule has 3 aromatic carbocycles. The first-order valence-electron chi connectivity index (χ1n) is 8.94. The topological polar surface area (TPSA) is 100 Å². The first-order chi connectivity index (χ1) is 14.1. The van der Waals surface area contributed by atoms with E-state index in [0.29, 0.717) is 17.1 Å². The lowest BCUT2D eigenvalue weighted by molar-refractivity contribution is -0.134. The van der Waals surface area contributed by atoms with Crippen molar-refractivity contribution in [2.45, 2.75) is 12.2 Å². The predicted molar refractivity (Wildman–Crippen MR) is 106 cm³/mol. The fourth-order valence-corrected chi connectivity index (χ4v) is 2.99. The Morgan fingerprint density at radius 3 is 2.34 bits per heavy atom. The van der Waals surface area contributed by atoms with Crippen LogP contribution in [0, 0.1) is 0 Å². The van der Waals surface area contributed by atoms with Crippen LogP contribution >= 0.6 is 0 Å². The molecule has 0 spiro atoms. The number of rotatable bonds is 4. The van der Waals surface area contributed by atoms with Crippen LogP contribution in [0.2, 0.25) is 0 Å². The van der Waals surface area contributed by atoms with Gasteiger partial charge in [0.2, 0.25) is 6.10 Å². The quantitative estimate of drug-likeness (QED) is 0.469. The number of nitrogens with one attached hydrogen (secondary N) is 1. The Morgan fingerprint density at radius 1 is 0.931 bits per heavy atom. The van der Waals surface area contributed by atoms with Gasteiger partial charge in [-0.3, -0.25) is 4.79 Å². The number of hydrazone groups is 1. The van der Waals surface area contributed by atoms with E-state index >= 15 is 0 Å². The van der Waals surface area contributed by atoms with Crippen LogP contribution in [0.1, 0.15) is 17.2 Å². The number of hydrogen-bond acceptors (Lipinski definition) is 6. The fourth-order valence-electron chi connectivity index (χ4n) is 2.99. The van der Waals surface area contributed by atoms with Gasteiger partial charge in [0.05, 0.1) is 6.21 Å². The highest BCUT2D eigenvalue weighted by molar-refractivity contribution is 5.87. The maximum absolute atomic E-state index is 12.8. The van der Waals surface area contributed by atoms with Crippen molar-refractivity contribution in [3.63, 3.8) is 0 Å². The molecule has 7 nitrogen and oxygen atoms in total. The number of hydrogen-bond donors (Lipinski definition) is 3. The third-order valence-electron chi connectivity index (χ3n) is 4.41. The number of phenols is 2. The maximum atomic E-state index is 12.8. The molecule has 1 aliphatic rings. The third kappa shape index (κ3) is 3.98.